The van der Waals surface area contributed by atoms with Crippen LogP contribution in [0.2, 0.25) is 0 Å². The van der Waals surface area contributed by atoms with E-state index in [1.807, 2.05) is 0 Å². The Kier molecular flexibility index (Phi) is 2.74. The number of allylic oxidation sites excluding steroid dienone is 2. The highest BCUT2D eigenvalue weighted by molar-refractivity contribution is 5.00. The maximum atomic E-state index is 11.4. The maximum Gasteiger partial charge on any atom is 0.409 e. The zero-order valence-electron chi connectivity index (χ0n) is 5.42. The molecular formula is C6H9F3. The molecule has 0 atom stereocenters. The van der Waals surface area contributed by atoms with Crippen molar-refractivity contribution in [2.24, 2.45) is 0 Å². The molecule has 0 bridgehead atoms. The lowest BCUT2D eigenvalue weighted by Gasteiger charge is -1.99. The molecule has 0 saturated heterocycles. The highest BCUT2D eigenvalue weighted by Gasteiger charge is 2.22. The Morgan fingerprint density at radius 2 is 1.89 bits per heavy atom. The molecule has 0 aliphatic heterocycles. The smallest absolute Gasteiger partial charge is 0.167 e. The van der Waals surface area contributed by atoms with Gasteiger partial charge in [-0.1, -0.05) is 12.5 Å². The van der Waals surface area contributed by atoms with Crippen LogP contribution in [0.4, 0.5) is 13.2 Å². The molecule has 0 saturated carbocycles. The summed E-state index contributed by atoms with van der Waals surface area (Å²) in [6, 6.07) is 0. The number of hydrogen-bond donors (Lipinski definition) is 0. The summed E-state index contributed by atoms with van der Waals surface area (Å²) in [5, 5.41) is 0. The molecule has 0 aromatic carbocycles. The summed E-state index contributed by atoms with van der Waals surface area (Å²) in [6.07, 6.45) is -3.35. The van der Waals surface area contributed by atoms with Crippen LogP contribution < -0.4 is 0 Å². The number of alkyl halides is 3. The largest absolute Gasteiger partial charge is 0.409 e. The highest BCUT2D eigenvalue weighted by Crippen LogP contribution is 2.19. The Hall–Kier alpha value is -0.470. The summed E-state index contributed by atoms with van der Waals surface area (Å²) >= 11 is 0. The third-order valence-electron chi connectivity index (χ3n) is 0.968. The van der Waals surface area contributed by atoms with Crippen molar-refractivity contribution in [1.29, 1.82) is 0 Å². The summed E-state index contributed by atoms with van der Waals surface area (Å²) in [4.78, 5) is 0. The van der Waals surface area contributed by atoms with Crippen LogP contribution in [0.5, 0.6) is 0 Å². The molecule has 0 spiro atoms. The molecule has 0 nitrogen and oxygen atoms in total. The van der Waals surface area contributed by atoms with Gasteiger partial charge < -0.3 is 0 Å². The molecule has 0 radical (unpaired) electrons. The summed E-state index contributed by atoms with van der Waals surface area (Å²) < 4.78 is 34.2. The van der Waals surface area contributed by atoms with Gasteiger partial charge in [-0.3, -0.25) is 0 Å². The monoisotopic (exact) mass is 138 g/mol. The zero-order chi connectivity index (χ0) is 7.49. The SMILES string of the molecule is CC/C(C)=C\C(F)(F)F. The zero-order valence-corrected chi connectivity index (χ0v) is 5.42. The fraction of sp³-hybridized carbons (Fsp3) is 0.667. The Morgan fingerprint density at radius 3 is 2.00 bits per heavy atom. The topological polar surface area (TPSA) is 0 Å². The average molecular weight is 138 g/mol. The molecule has 0 fully saturated rings. The summed E-state index contributed by atoms with van der Waals surface area (Å²) in [7, 11) is 0. The van der Waals surface area contributed by atoms with Gasteiger partial charge in [0, 0.05) is 6.08 Å². The first-order chi connectivity index (χ1) is 3.95. The van der Waals surface area contributed by atoms with Gasteiger partial charge in [-0.2, -0.15) is 13.2 Å². The van der Waals surface area contributed by atoms with Crippen molar-refractivity contribution in [3.05, 3.63) is 11.6 Å². The van der Waals surface area contributed by atoms with E-state index in [1.165, 1.54) is 6.92 Å². The third-order valence-corrected chi connectivity index (χ3v) is 0.968. The molecule has 0 N–H and O–H groups in total. The molecule has 9 heavy (non-hydrogen) atoms. The van der Waals surface area contributed by atoms with Gasteiger partial charge in [0.2, 0.25) is 0 Å². The average Bonchev–Trinajstić information content (AvgIpc) is 1.62. The molecular weight excluding hydrogens is 129 g/mol. The minimum absolute atomic E-state index is 0.326. The summed E-state index contributed by atoms with van der Waals surface area (Å²) in [5.41, 5.74) is 0.363. The normalized spacial score (nSPS) is 14.1. The lowest BCUT2D eigenvalue weighted by molar-refractivity contribution is -0.0805. The third kappa shape index (κ3) is 5.40. The molecule has 0 aromatic heterocycles. The molecule has 54 valence electrons. The van der Waals surface area contributed by atoms with Crippen LogP contribution in [0.1, 0.15) is 20.3 Å². The summed E-state index contributed by atoms with van der Waals surface area (Å²) in [6.45, 7) is 3.16. The molecule has 3 heteroatoms. The highest BCUT2D eigenvalue weighted by atomic mass is 19.4. The maximum absolute atomic E-state index is 11.4. The lowest BCUT2D eigenvalue weighted by Crippen LogP contribution is -2.01. The predicted octanol–water partition coefficient (Wildman–Crippen LogP) is 2.91. The van der Waals surface area contributed by atoms with E-state index >= 15 is 0 Å². The van der Waals surface area contributed by atoms with Gasteiger partial charge in [0.1, 0.15) is 0 Å². The van der Waals surface area contributed by atoms with Crippen molar-refractivity contribution in [2.45, 2.75) is 26.4 Å². The van der Waals surface area contributed by atoms with E-state index in [1.54, 1.807) is 6.92 Å². The van der Waals surface area contributed by atoms with Gasteiger partial charge in [-0.05, 0) is 13.3 Å². The van der Waals surface area contributed by atoms with E-state index in [-0.39, 0.29) is 0 Å². The van der Waals surface area contributed by atoms with Crippen molar-refractivity contribution in [3.8, 4) is 0 Å². The van der Waals surface area contributed by atoms with E-state index in [9.17, 15) is 13.2 Å². The Labute approximate surface area is 52.4 Å². The standard InChI is InChI=1S/C6H9F3/c1-3-5(2)4-6(7,8)9/h4H,3H2,1-2H3/b5-4-. The van der Waals surface area contributed by atoms with Gasteiger partial charge in [-0.25, -0.2) is 0 Å². The quantitative estimate of drug-likeness (QED) is 0.489. The minimum atomic E-state index is -4.14. The van der Waals surface area contributed by atoms with Crippen molar-refractivity contribution >= 4 is 0 Å². The van der Waals surface area contributed by atoms with Crippen LogP contribution in [-0.2, 0) is 0 Å². The number of halogens is 3. The molecule has 0 aromatic rings. The second kappa shape index (κ2) is 2.90. The number of hydrogen-bond acceptors (Lipinski definition) is 0. The second-order valence-corrected chi connectivity index (χ2v) is 1.89. The van der Waals surface area contributed by atoms with Gasteiger partial charge >= 0.3 is 6.18 Å². The van der Waals surface area contributed by atoms with Crippen LogP contribution in [0.3, 0.4) is 0 Å². The molecule has 0 unspecified atom stereocenters. The number of rotatable bonds is 1. The first-order valence-electron chi connectivity index (χ1n) is 2.70. The Morgan fingerprint density at radius 1 is 1.44 bits per heavy atom. The summed E-state index contributed by atoms with van der Waals surface area (Å²) in [5.74, 6) is 0. The van der Waals surface area contributed by atoms with Crippen LogP contribution in [0.25, 0.3) is 0 Å². The van der Waals surface area contributed by atoms with Crippen LogP contribution in [0.15, 0.2) is 11.6 Å². The molecule has 0 aliphatic rings. The Bertz CT molecular complexity index is 110. The van der Waals surface area contributed by atoms with Crippen LogP contribution >= 0.6 is 0 Å². The van der Waals surface area contributed by atoms with E-state index in [0.29, 0.717) is 18.1 Å². The first kappa shape index (κ1) is 8.53. The lowest BCUT2D eigenvalue weighted by atomic mass is 10.2. The first-order valence-corrected chi connectivity index (χ1v) is 2.70. The van der Waals surface area contributed by atoms with Crippen LogP contribution in [0, 0.1) is 0 Å². The Balaban J connectivity index is 3.95. The van der Waals surface area contributed by atoms with E-state index in [0.717, 1.165) is 0 Å². The van der Waals surface area contributed by atoms with Crippen molar-refractivity contribution in [3.63, 3.8) is 0 Å². The van der Waals surface area contributed by atoms with Gasteiger partial charge in [0.15, 0.2) is 0 Å². The van der Waals surface area contributed by atoms with Crippen molar-refractivity contribution in [2.75, 3.05) is 0 Å². The molecule has 0 amide bonds. The van der Waals surface area contributed by atoms with Gasteiger partial charge in [0.25, 0.3) is 0 Å². The van der Waals surface area contributed by atoms with Crippen LogP contribution in [-0.4, -0.2) is 6.18 Å². The second-order valence-electron chi connectivity index (χ2n) is 1.89. The van der Waals surface area contributed by atoms with Crippen molar-refractivity contribution in [1.82, 2.24) is 0 Å². The minimum Gasteiger partial charge on any atom is -0.167 e. The molecule has 0 heterocycles. The van der Waals surface area contributed by atoms with E-state index in [2.05, 4.69) is 0 Å². The van der Waals surface area contributed by atoms with E-state index < -0.39 is 6.18 Å². The van der Waals surface area contributed by atoms with E-state index in [4.69, 9.17) is 0 Å². The fourth-order valence-corrected chi connectivity index (χ4v) is 0.381. The predicted molar refractivity (Wildman–Crippen MR) is 30.1 cm³/mol. The van der Waals surface area contributed by atoms with Gasteiger partial charge in [0.05, 0.1) is 0 Å². The molecule has 0 rings (SSSR count). The van der Waals surface area contributed by atoms with Crippen molar-refractivity contribution < 1.29 is 13.2 Å². The fourth-order valence-electron chi connectivity index (χ4n) is 0.381. The molecule has 0 aliphatic carbocycles. The van der Waals surface area contributed by atoms with Gasteiger partial charge in [-0.15, -0.1) is 0 Å².